The first-order chi connectivity index (χ1) is 22.9. The summed E-state index contributed by atoms with van der Waals surface area (Å²) < 4.78 is 7.73. The van der Waals surface area contributed by atoms with Gasteiger partial charge in [-0.25, -0.2) is 0 Å². The Bertz CT molecular complexity index is 1290. The van der Waals surface area contributed by atoms with E-state index in [0.29, 0.717) is 0 Å². The number of hydrogen-bond acceptors (Lipinski definition) is 5. The molecule has 250 valence electrons. The second kappa shape index (κ2) is 18.1. The van der Waals surface area contributed by atoms with E-state index in [1.165, 1.54) is 43.5 Å². The van der Waals surface area contributed by atoms with Crippen molar-refractivity contribution in [3.05, 3.63) is 97.1 Å². The summed E-state index contributed by atoms with van der Waals surface area (Å²) in [5, 5.41) is 5.16. The molecule has 0 saturated carbocycles. The lowest BCUT2D eigenvalue weighted by Gasteiger charge is -2.29. The van der Waals surface area contributed by atoms with Gasteiger partial charge in [0.2, 0.25) is 0 Å². The minimum atomic E-state index is -1.66. The molecule has 0 amide bonds. The topological polar surface area (TPSA) is 22.2 Å². The van der Waals surface area contributed by atoms with Crippen LogP contribution in [0.5, 0.6) is 0 Å². The molecule has 0 fully saturated rings. The monoisotopic (exact) mass is 664 g/mol. The van der Waals surface area contributed by atoms with Crippen LogP contribution in [0, 0.1) is 0 Å². The summed E-state index contributed by atoms with van der Waals surface area (Å²) >= 11 is 0. The van der Waals surface area contributed by atoms with E-state index in [1.807, 2.05) is 0 Å². The molecule has 0 aromatic heterocycles. The van der Waals surface area contributed by atoms with E-state index in [2.05, 4.69) is 172 Å². The smallest absolute Gasteiger partial charge is 0.272 e. The summed E-state index contributed by atoms with van der Waals surface area (Å²) in [7, 11) is -3.31. The van der Waals surface area contributed by atoms with Crippen LogP contribution in [0.3, 0.4) is 0 Å². The fourth-order valence-corrected chi connectivity index (χ4v) is 11.9. The molecule has 7 heteroatoms. The van der Waals surface area contributed by atoms with Gasteiger partial charge < -0.3 is 23.7 Å². The molecule has 0 aliphatic carbocycles. The summed E-state index contributed by atoms with van der Waals surface area (Å²) in [5.41, 5.74) is 5.05. The number of rotatable bonds is 18. The first kappa shape index (κ1) is 36.3. The third-order valence-electron chi connectivity index (χ3n) is 9.15. The van der Waals surface area contributed by atoms with Crippen molar-refractivity contribution in [1.29, 1.82) is 0 Å². The van der Waals surface area contributed by atoms with Crippen LogP contribution < -0.4 is 40.3 Å². The minimum absolute atomic E-state index is 0.978. The zero-order valence-corrected chi connectivity index (χ0v) is 32.1. The van der Waals surface area contributed by atoms with Crippen molar-refractivity contribution in [1.82, 2.24) is 0 Å². The van der Waals surface area contributed by atoms with Crippen molar-refractivity contribution in [3.8, 4) is 0 Å². The predicted molar refractivity (Wildman–Crippen MR) is 211 cm³/mol. The standard InChI is InChI=1S/C40H56N4OSi2/c1-9-41(10-2)33-21-17-25-37(29-33)46(38-26-18-22-34(30-38)42(11-3)12-4)45-47(39-27-19-23-35(31-39)43(13-5)14-6)40-28-20-24-36(32-40)44(15-7)16-8/h17-32H,9-16H2,1-8H3. The molecule has 5 nitrogen and oxygen atoms in total. The minimum Gasteiger partial charge on any atom is -0.442 e. The van der Waals surface area contributed by atoms with Crippen LogP contribution in [0.15, 0.2) is 97.1 Å². The highest BCUT2D eigenvalue weighted by Crippen LogP contribution is 2.18. The maximum Gasteiger partial charge on any atom is 0.272 e. The fraction of sp³-hybridized carbons (Fsp3) is 0.400. The molecule has 4 aromatic carbocycles. The van der Waals surface area contributed by atoms with Gasteiger partial charge in [0.1, 0.15) is 0 Å². The molecule has 0 aliphatic rings. The van der Waals surface area contributed by atoms with E-state index >= 15 is 0 Å². The average molecular weight is 665 g/mol. The number of nitrogens with zero attached hydrogens (tertiary/aromatic N) is 4. The molecule has 0 bridgehead atoms. The van der Waals surface area contributed by atoms with Gasteiger partial charge in [0.05, 0.1) is 0 Å². The SMILES string of the molecule is CCN(CC)c1cccc([Si](O[Si](c2cccc(N(CC)CC)c2)c2cccc(N(CC)CC)c2)c2cccc(N(CC)CC)c2)c1. The van der Waals surface area contributed by atoms with Gasteiger partial charge in [-0.3, -0.25) is 0 Å². The van der Waals surface area contributed by atoms with E-state index < -0.39 is 18.1 Å². The molecule has 0 unspecified atom stereocenters. The van der Waals surface area contributed by atoms with Gasteiger partial charge in [0, 0.05) is 75.1 Å². The van der Waals surface area contributed by atoms with Crippen molar-refractivity contribution < 1.29 is 4.12 Å². The zero-order valence-electron chi connectivity index (χ0n) is 30.1. The lowest BCUT2D eigenvalue weighted by atomic mass is 10.3. The van der Waals surface area contributed by atoms with Crippen molar-refractivity contribution in [2.24, 2.45) is 0 Å². The molecule has 4 aromatic rings. The second-order valence-electron chi connectivity index (χ2n) is 11.7. The van der Waals surface area contributed by atoms with Gasteiger partial charge in [-0.1, -0.05) is 48.5 Å². The van der Waals surface area contributed by atoms with Crippen molar-refractivity contribution in [2.75, 3.05) is 72.0 Å². The average Bonchev–Trinajstić information content (AvgIpc) is 3.11. The third-order valence-corrected chi connectivity index (χ3v) is 14.1. The Hall–Kier alpha value is -3.53. The molecule has 0 heterocycles. The highest BCUT2D eigenvalue weighted by Gasteiger charge is 2.30. The highest BCUT2D eigenvalue weighted by atomic mass is 28.4. The number of anilines is 4. The van der Waals surface area contributed by atoms with Crippen LogP contribution in [0.1, 0.15) is 55.4 Å². The van der Waals surface area contributed by atoms with Crippen molar-refractivity contribution in [3.63, 3.8) is 0 Å². The molecular weight excluding hydrogens is 609 g/mol. The van der Waals surface area contributed by atoms with E-state index in [-0.39, 0.29) is 0 Å². The van der Waals surface area contributed by atoms with Crippen molar-refractivity contribution in [2.45, 2.75) is 55.4 Å². The van der Waals surface area contributed by atoms with Gasteiger partial charge in [-0.2, -0.15) is 0 Å². The molecule has 0 atom stereocenters. The fourth-order valence-electron chi connectivity index (χ4n) is 6.40. The quantitative estimate of drug-likeness (QED) is 0.122. The van der Waals surface area contributed by atoms with Crippen LogP contribution in [0.2, 0.25) is 0 Å². The van der Waals surface area contributed by atoms with Crippen LogP contribution in [-0.2, 0) is 4.12 Å². The van der Waals surface area contributed by atoms with E-state index in [0.717, 1.165) is 52.4 Å². The van der Waals surface area contributed by atoms with Crippen molar-refractivity contribution >= 4 is 61.6 Å². The Morgan fingerprint density at radius 3 is 0.766 bits per heavy atom. The molecule has 0 saturated heterocycles. The summed E-state index contributed by atoms with van der Waals surface area (Å²) in [4.78, 5) is 9.73. The second-order valence-corrected chi connectivity index (χ2v) is 16.1. The van der Waals surface area contributed by atoms with E-state index in [9.17, 15) is 0 Å². The Morgan fingerprint density at radius 2 is 0.574 bits per heavy atom. The van der Waals surface area contributed by atoms with Crippen LogP contribution in [0.4, 0.5) is 22.7 Å². The van der Waals surface area contributed by atoms with Gasteiger partial charge in [-0.05, 0) is 125 Å². The van der Waals surface area contributed by atoms with Gasteiger partial charge in [0.25, 0.3) is 18.1 Å². The Kier molecular flexibility index (Phi) is 14.0. The first-order valence-electron chi connectivity index (χ1n) is 17.8. The van der Waals surface area contributed by atoms with Gasteiger partial charge in [-0.15, -0.1) is 0 Å². The number of hydrogen-bond donors (Lipinski definition) is 0. The lowest BCUT2D eigenvalue weighted by Crippen LogP contribution is -2.56. The maximum atomic E-state index is 7.73. The third kappa shape index (κ3) is 8.89. The van der Waals surface area contributed by atoms with E-state index in [1.54, 1.807) is 0 Å². The Labute approximate surface area is 289 Å². The van der Waals surface area contributed by atoms with Crippen LogP contribution in [0.25, 0.3) is 0 Å². The summed E-state index contributed by atoms with van der Waals surface area (Å²) in [6.07, 6.45) is 0. The maximum absolute atomic E-state index is 7.73. The molecule has 47 heavy (non-hydrogen) atoms. The Balaban J connectivity index is 1.93. The molecule has 0 N–H and O–H groups in total. The van der Waals surface area contributed by atoms with Crippen LogP contribution >= 0.6 is 0 Å². The first-order valence-corrected chi connectivity index (χ1v) is 20.6. The van der Waals surface area contributed by atoms with Crippen LogP contribution in [-0.4, -0.2) is 70.4 Å². The Morgan fingerprint density at radius 1 is 0.362 bits per heavy atom. The highest BCUT2D eigenvalue weighted by molar-refractivity contribution is 6.92. The van der Waals surface area contributed by atoms with Gasteiger partial charge in [0.15, 0.2) is 0 Å². The summed E-state index contributed by atoms with van der Waals surface area (Å²) in [6.45, 7) is 25.7. The summed E-state index contributed by atoms with van der Waals surface area (Å²) in [5.74, 6) is 0. The zero-order chi connectivity index (χ0) is 33.8. The molecular formula is C40H56N4OSi2. The molecule has 2 radical (unpaired) electrons. The largest absolute Gasteiger partial charge is 0.442 e. The molecule has 0 spiro atoms. The van der Waals surface area contributed by atoms with E-state index in [4.69, 9.17) is 4.12 Å². The molecule has 0 aliphatic heterocycles. The van der Waals surface area contributed by atoms with Gasteiger partial charge >= 0.3 is 0 Å². The number of benzene rings is 4. The predicted octanol–water partition coefficient (Wildman–Crippen LogP) is 6.00. The molecule has 4 rings (SSSR count). The normalized spacial score (nSPS) is 11.3. The lowest BCUT2D eigenvalue weighted by molar-refractivity contribution is 0.633. The summed E-state index contributed by atoms with van der Waals surface area (Å²) in [6, 6.07) is 36.6.